The van der Waals surface area contributed by atoms with Crippen molar-refractivity contribution in [2.75, 3.05) is 0 Å². The summed E-state index contributed by atoms with van der Waals surface area (Å²) in [5, 5.41) is 0. The van der Waals surface area contributed by atoms with Crippen LogP contribution < -0.4 is 0 Å². The van der Waals surface area contributed by atoms with Gasteiger partial charge >= 0.3 is 7.12 Å². The van der Waals surface area contributed by atoms with E-state index < -0.39 is 0 Å². The molecule has 0 aromatic rings. The van der Waals surface area contributed by atoms with Gasteiger partial charge in [0, 0.05) is 0 Å². The Morgan fingerprint density at radius 1 is 1.23 bits per heavy atom. The maximum atomic E-state index is 5.83. The highest BCUT2D eigenvalue weighted by atomic mass is 16.7. The van der Waals surface area contributed by atoms with Gasteiger partial charge in [-0.25, -0.2) is 0 Å². The van der Waals surface area contributed by atoms with Crippen LogP contribution in [0.4, 0.5) is 0 Å². The van der Waals surface area contributed by atoms with Gasteiger partial charge in [-0.15, -0.1) is 0 Å². The molecule has 3 heteroatoms. The van der Waals surface area contributed by atoms with Crippen LogP contribution in [-0.2, 0) is 9.31 Å². The van der Waals surface area contributed by atoms with Crippen molar-refractivity contribution in [2.45, 2.75) is 45.7 Å². The Labute approximate surface area is 80.1 Å². The first-order valence-electron chi connectivity index (χ1n) is 5.40. The van der Waals surface area contributed by atoms with Crippen molar-refractivity contribution >= 4 is 7.12 Å². The molecule has 2 unspecified atom stereocenters. The fourth-order valence-electron chi connectivity index (χ4n) is 3.50. The molecule has 3 aliphatic carbocycles. The van der Waals surface area contributed by atoms with Crippen LogP contribution in [0.15, 0.2) is 0 Å². The summed E-state index contributed by atoms with van der Waals surface area (Å²) < 4.78 is 11.6. The quantitative estimate of drug-likeness (QED) is 0.530. The van der Waals surface area contributed by atoms with Crippen LogP contribution in [-0.4, -0.2) is 19.3 Å². The minimum absolute atomic E-state index is 0.0325. The summed E-state index contributed by atoms with van der Waals surface area (Å²) in [5.74, 6) is 1.63. The van der Waals surface area contributed by atoms with Gasteiger partial charge < -0.3 is 9.31 Å². The third-order valence-corrected chi connectivity index (χ3v) is 4.54. The minimum Gasteiger partial charge on any atom is -0.406 e. The zero-order valence-corrected chi connectivity index (χ0v) is 8.62. The topological polar surface area (TPSA) is 18.5 Å². The second-order valence-corrected chi connectivity index (χ2v) is 5.44. The second-order valence-electron chi connectivity index (χ2n) is 5.44. The number of hydrogen-bond donors (Lipinski definition) is 0. The second kappa shape index (κ2) is 2.32. The molecule has 0 aromatic carbocycles. The largest absolute Gasteiger partial charge is 0.454 e. The Morgan fingerprint density at radius 3 is 2.69 bits per heavy atom. The minimum atomic E-state index is 0.0325. The lowest BCUT2D eigenvalue weighted by Gasteiger charge is -2.60. The highest BCUT2D eigenvalue weighted by Crippen LogP contribution is 2.61. The van der Waals surface area contributed by atoms with Gasteiger partial charge in [-0.05, 0) is 36.9 Å². The molecule has 2 nitrogen and oxygen atoms in total. The summed E-state index contributed by atoms with van der Waals surface area (Å²) in [6, 6.07) is 0. The molecule has 4 atom stereocenters. The molecule has 4 fully saturated rings. The molecule has 4 aliphatic rings. The summed E-state index contributed by atoms with van der Waals surface area (Å²) >= 11 is 0. The van der Waals surface area contributed by atoms with E-state index in [-0.39, 0.29) is 7.12 Å². The summed E-state index contributed by atoms with van der Waals surface area (Å²) in [6.45, 7) is 6.78. The van der Waals surface area contributed by atoms with E-state index in [2.05, 4.69) is 13.8 Å². The van der Waals surface area contributed by atoms with Crippen LogP contribution in [0.1, 0.15) is 26.7 Å². The summed E-state index contributed by atoms with van der Waals surface area (Å²) in [6.07, 6.45) is 3.39. The van der Waals surface area contributed by atoms with Gasteiger partial charge in [0.05, 0.1) is 12.2 Å². The van der Waals surface area contributed by atoms with Crippen LogP contribution in [0.25, 0.3) is 0 Å². The standard InChI is InChI=1S/C10H17BO2/c1-10(2)6-4-7(10)9-8(5-6)12-11(3)13-9/h6-9H,4-5H2,1-3H3/t6-,7+,8?,9?/m0/s1. The molecule has 72 valence electrons. The Hall–Kier alpha value is -0.0151. The van der Waals surface area contributed by atoms with Gasteiger partial charge in [0.15, 0.2) is 0 Å². The Balaban J connectivity index is 1.85. The van der Waals surface area contributed by atoms with E-state index >= 15 is 0 Å². The van der Waals surface area contributed by atoms with E-state index in [1.54, 1.807) is 0 Å². The van der Waals surface area contributed by atoms with Crippen LogP contribution in [0.3, 0.4) is 0 Å². The van der Waals surface area contributed by atoms with Crippen molar-refractivity contribution in [3.8, 4) is 0 Å². The zero-order chi connectivity index (χ0) is 9.22. The van der Waals surface area contributed by atoms with E-state index in [4.69, 9.17) is 9.31 Å². The maximum absolute atomic E-state index is 5.83. The average molecular weight is 180 g/mol. The van der Waals surface area contributed by atoms with Crippen molar-refractivity contribution in [3.63, 3.8) is 0 Å². The number of hydrogen-bond acceptors (Lipinski definition) is 2. The van der Waals surface area contributed by atoms with Crippen molar-refractivity contribution < 1.29 is 9.31 Å². The molecular formula is C10H17BO2. The Morgan fingerprint density at radius 2 is 2.00 bits per heavy atom. The van der Waals surface area contributed by atoms with Gasteiger partial charge in [-0.3, -0.25) is 0 Å². The molecule has 1 saturated heterocycles. The van der Waals surface area contributed by atoms with Crippen LogP contribution in [0, 0.1) is 17.3 Å². The lowest BCUT2D eigenvalue weighted by atomic mass is 9.47. The zero-order valence-electron chi connectivity index (χ0n) is 8.62. The molecule has 1 aliphatic heterocycles. The predicted octanol–water partition coefficient (Wildman–Crippen LogP) is 1.95. The normalized spacial score (nSPS) is 51.5. The first-order valence-corrected chi connectivity index (χ1v) is 5.40. The van der Waals surface area contributed by atoms with Crippen molar-refractivity contribution in [2.24, 2.45) is 17.3 Å². The average Bonchev–Trinajstić information content (AvgIpc) is 2.42. The highest BCUT2D eigenvalue weighted by molar-refractivity contribution is 6.43. The van der Waals surface area contributed by atoms with Crippen molar-refractivity contribution in [3.05, 3.63) is 0 Å². The molecule has 1 heterocycles. The predicted molar refractivity (Wildman–Crippen MR) is 51.4 cm³/mol. The van der Waals surface area contributed by atoms with Gasteiger partial charge in [0.2, 0.25) is 0 Å². The Bertz CT molecular complexity index is 241. The molecular weight excluding hydrogens is 163 g/mol. The fraction of sp³-hybridized carbons (Fsp3) is 1.00. The molecule has 0 radical (unpaired) electrons. The summed E-state index contributed by atoms with van der Waals surface area (Å²) in [7, 11) is 0.0325. The lowest BCUT2D eigenvalue weighted by Crippen LogP contribution is -2.59. The van der Waals surface area contributed by atoms with Gasteiger partial charge in [-0.2, -0.15) is 0 Å². The maximum Gasteiger partial charge on any atom is 0.454 e. The summed E-state index contributed by atoms with van der Waals surface area (Å²) in [4.78, 5) is 0. The monoisotopic (exact) mass is 180 g/mol. The lowest BCUT2D eigenvalue weighted by molar-refractivity contribution is -0.150. The molecule has 0 aromatic heterocycles. The first kappa shape index (κ1) is 8.31. The van der Waals surface area contributed by atoms with E-state index in [1.165, 1.54) is 12.8 Å². The third kappa shape index (κ3) is 0.923. The molecule has 0 amide bonds. The molecule has 4 rings (SSSR count). The fourth-order valence-corrected chi connectivity index (χ4v) is 3.50. The smallest absolute Gasteiger partial charge is 0.406 e. The van der Waals surface area contributed by atoms with Crippen LogP contribution >= 0.6 is 0 Å². The molecule has 13 heavy (non-hydrogen) atoms. The third-order valence-electron chi connectivity index (χ3n) is 4.54. The number of rotatable bonds is 0. The van der Waals surface area contributed by atoms with Crippen molar-refractivity contribution in [1.29, 1.82) is 0 Å². The molecule has 0 N–H and O–H groups in total. The first-order chi connectivity index (χ1) is 6.09. The highest BCUT2D eigenvalue weighted by Gasteiger charge is 2.61. The Kier molecular flexibility index (Phi) is 1.48. The van der Waals surface area contributed by atoms with Gasteiger partial charge in [0.25, 0.3) is 0 Å². The molecule has 2 bridgehead atoms. The van der Waals surface area contributed by atoms with E-state index in [9.17, 15) is 0 Å². The van der Waals surface area contributed by atoms with Crippen LogP contribution in [0.5, 0.6) is 0 Å². The van der Waals surface area contributed by atoms with E-state index in [0.717, 1.165) is 11.8 Å². The van der Waals surface area contributed by atoms with E-state index in [1.807, 2.05) is 6.82 Å². The molecule has 0 spiro atoms. The summed E-state index contributed by atoms with van der Waals surface area (Å²) in [5.41, 5.74) is 0.509. The SMILES string of the molecule is CB1OC2C[C@@H]3C[C@H](C2O1)C3(C)C. The van der Waals surface area contributed by atoms with Crippen molar-refractivity contribution in [1.82, 2.24) is 0 Å². The van der Waals surface area contributed by atoms with Crippen LogP contribution in [0.2, 0.25) is 6.82 Å². The molecule has 3 saturated carbocycles. The van der Waals surface area contributed by atoms with E-state index in [0.29, 0.717) is 17.6 Å². The van der Waals surface area contributed by atoms with Gasteiger partial charge in [0.1, 0.15) is 0 Å². The van der Waals surface area contributed by atoms with Gasteiger partial charge in [-0.1, -0.05) is 13.8 Å².